The number of benzene rings is 2. The maximum atomic E-state index is 12.3. The number of ketones is 1. The minimum absolute atomic E-state index is 0.0293. The molecule has 0 aliphatic carbocycles. The van der Waals surface area contributed by atoms with E-state index in [1.807, 2.05) is 24.8 Å². The Balaban J connectivity index is 1.71. The molecule has 152 valence electrons. The molecular formula is C21H22N2O6. The van der Waals surface area contributed by atoms with Gasteiger partial charge >= 0.3 is 5.97 Å². The molecule has 0 spiro atoms. The number of nitrogens with zero attached hydrogens (tertiary/aromatic N) is 2. The first-order valence-corrected chi connectivity index (χ1v) is 9.25. The van der Waals surface area contributed by atoms with Gasteiger partial charge in [-0.15, -0.1) is 0 Å². The van der Waals surface area contributed by atoms with Gasteiger partial charge in [0.25, 0.3) is 5.69 Å². The van der Waals surface area contributed by atoms with Crippen LogP contribution in [0.2, 0.25) is 0 Å². The summed E-state index contributed by atoms with van der Waals surface area (Å²) in [6, 6.07) is 9.45. The zero-order valence-electron chi connectivity index (χ0n) is 16.3. The van der Waals surface area contributed by atoms with Gasteiger partial charge in [0.05, 0.1) is 23.7 Å². The minimum atomic E-state index is -0.779. The zero-order valence-corrected chi connectivity index (χ0v) is 16.3. The fourth-order valence-electron chi connectivity index (χ4n) is 3.08. The molecule has 0 saturated carbocycles. The predicted molar refractivity (Wildman–Crippen MR) is 107 cm³/mol. The van der Waals surface area contributed by atoms with Crippen molar-refractivity contribution in [2.45, 2.75) is 13.8 Å². The third-order valence-corrected chi connectivity index (χ3v) is 4.92. The third-order valence-electron chi connectivity index (χ3n) is 4.92. The number of anilines is 1. The quantitative estimate of drug-likeness (QED) is 0.319. The van der Waals surface area contributed by atoms with Gasteiger partial charge in [0.1, 0.15) is 5.69 Å². The number of ether oxygens (including phenoxy) is 2. The monoisotopic (exact) mass is 398 g/mol. The van der Waals surface area contributed by atoms with Crippen LogP contribution >= 0.6 is 0 Å². The van der Waals surface area contributed by atoms with Gasteiger partial charge in [-0.25, -0.2) is 4.79 Å². The molecule has 2 aromatic rings. The predicted octanol–water partition coefficient (Wildman–Crippen LogP) is 3.09. The highest BCUT2D eigenvalue weighted by atomic mass is 16.6. The molecule has 1 aliphatic rings. The number of nitro benzene ring substituents is 1. The van der Waals surface area contributed by atoms with Crippen molar-refractivity contribution < 1.29 is 24.0 Å². The maximum absolute atomic E-state index is 12.3. The van der Waals surface area contributed by atoms with Crippen molar-refractivity contribution in [2.24, 2.45) is 0 Å². The average Bonchev–Trinajstić information content (AvgIpc) is 2.73. The van der Waals surface area contributed by atoms with Crippen LogP contribution in [0.5, 0.6) is 0 Å². The van der Waals surface area contributed by atoms with E-state index in [4.69, 9.17) is 9.47 Å². The van der Waals surface area contributed by atoms with Gasteiger partial charge in [0.15, 0.2) is 12.4 Å². The molecule has 2 aromatic carbocycles. The van der Waals surface area contributed by atoms with Crippen molar-refractivity contribution in [3.63, 3.8) is 0 Å². The first-order chi connectivity index (χ1) is 13.9. The molecule has 0 bridgehead atoms. The molecule has 0 aromatic heterocycles. The SMILES string of the molecule is Cc1ccc(C(=O)COC(=O)c2ccc(N3CCOCC3)c([N+](=O)[O-])c2)cc1C. The molecule has 1 fully saturated rings. The summed E-state index contributed by atoms with van der Waals surface area (Å²) >= 11 is 0. The molecule has 8 heteroatoms. The highest BCUT2D eigenvalue weighted by Crippen LogP contribution is 2.30. The van der Waals surface area contributed by atoms with Gasteiger partial charge in [-0.05, 0) is 43.2 Å². The van der Waals surface area contributed by atoms with E-state index in [0.717, 1.165) is 11.1 Å². The van der Waals surface area contributed by atoms with Crippen molar-refractivity contribution in [1.29, 1.82) is 0 Å². The molecule has 0 unspecified atom stereocenters. The number of nitro groups is 1. The van der Waals surface area contributed by atoms with E-state index in [1.165, 1.54) is 18.2 Å². The largest absolute Gasteiger partial charge is 0.454 e. The lowest BCUT2D eigenvalue weighted by Crippen LogP contribution is -2.36. The lowest BCUT2D eigenvalue weighted by atomic mass is 10.0. The second kappa shape index (κ2) is 8.83. The fourth-order valence-corrected chi connectivity index (χ4v) is 3.08. The van der Waals surface area contributed by atoms with Crippen LogP contribution in [0.15, 0.2) is 36.4 Å². The topological polar surface area (TPSA) is 99.0 Å². The third kappa shape index (κ3) is 4.78. The van der Waals surface area contributed by atoms with Gasteiger partial charge in [-0.3, -0.25) is 14.9 Å². The number of hydrogen-bond donors (Lipinski definition) is 0. The van der Waals surface area contributed by atoms with Crippen molar-refractivity contribution in [1.82, 2.24) is 0 Å². The Bertz CT molecular complexity index is 950. The molecule has 0 amide bonds. The Labute approximate surface area is 168 Å². The van der Waals surface area contributed by atoms with Gasteiger partial charge in [0, 0.05) is 24.7 Å². The Kier molecular flexibility index (Phi) is 6.23. The molecule has 3 rings (SSSR count). The van der Waals surface area contributed by atoms with Crippen LogP contribution < -0.4 is 4.90 Å². The summed E-state index contributed by atoms with van der Waals surface area (Å²) in [7, 11) is 0. The lowest BCUT2D eigenvalue weighted by molar-refractivity contribution is -0.384. The Morgan fingerprint density at radius 1 is 1.07 bits per heavy atom. The van der Waals surface area contributed by atoms with E-state index >= 15 is 0 Å². The van der Waals surface area contributed by atoms with E-state index < -0.39 is 17.5 Å². The molecule has 1 heterocycles. The second-order valence-electron chi connectivity index (χ2n) is 6.86. The van der Waals surface area contributed by atoms with Gasteiger partial charge in [-0.1, -0.05) is 12.1 Å². The van der Waals surface area contributed by atoms with Gasteiger partial charge < -0.3 is 14.4 Å². The van der Waals surface area contributed by atoms with Crippen molar-refractivity contribution >= 4 is 23.1 Å². The first-order valence-electron chi connectivity index (χ1n) is 9.25. The van der Waals surface area contributed by atoms with E-state index in [0.29, 0.717) is 37.6 Å². The van der Waals surface area contributed by atoms with Crippen molar-refractivity contribution in [3.8, 4) is 0 Å². The molecule has 8 nitrogen and oxygen atoms in total. The molecule has 29 heavy (non-hydrogen) atoms. The molecule has 0 N–H and O–H groups in total. The van der Waals surface area contributed by atoms with Crippen molar-refractivity contribution in [3.05, 3.63) is 68.8 Å². The summed E-state index contributed by atoms with van der Waals surface area (Å²) < 4.78 is 10.4. The summed E-state index contributed by atoms with van der Waals surface area (Å²) in [4.78, 5) is 37.4. The number of Topliss-reactive ketones (excluding diaryl/α,β-unsaturated/α-hetero) is 1. The first kappa shape index (κ1) is 20.5. The van der Waals surface area contributed by atoms with Crippen LogP contribution in [0.25, 0.3) is 0 Å². The van der Waals surface area contributed by atoms with Crippen LogP contribution in [0.3, 0.4) is 0 Å². The van der Waals surface area contributed by atoms with Crippen LogP contribution in [-0.2, 0) is 9.47 Å². The standard InChI is InChI=1S/C21H22N2O6/c1-14-3-4-16(11-15(14)2)20(24)13-29-21(25)17-5-6-18(19(12-17)23(26)27)22-7-9-28-10-8-22/h3-6,11-12H,7-10,13H2,1-2H3. The second-order valence-corrected chi connectivity index (χ2v) is 6.86. The molecular weight excluding hydrogens is 376 g/mol. The molecule has 1 aliphatic heterocycles. The van der Waals surface area contributed by atoms with E-state index in [-0.39, 0.29) is 17.0 Å². The number of carbonyl (C=O) groups excluding carboxylic acids is 2. The highest BCUT2D eigenvalue weighted by molar-refractivity contribution is 5.99. The van der Waals surface area contributed by atoms with E-state index in [2.05, 4.69) is 0 Å². The minimum Gasteiger partial charge on any atom is -0.454 e. The highest BCUT2D eigenvalue weighted by Gasteiger charge is 2.24. The Morgan fingerprint density at radius 3 is 2.41 bits per heavy atom. The molecule has 0 radical (unpaired) electrons. The van der Waals surface area contributed by atoms with Gasteiger partial charge in [0.2, 0.25) is 0 Å². The van der Waals surface area contributed by atoms with Crippen LogP contribution in [0.4, 0.5) is 11.4 Å². The Hall–Kier alpha value is -3.26. The summed E-state index contributed by atoms with van der Waals surface area (Å²) in [6.07, 6.45) is 0. The van der Waals surface area contributed by atoms with E-state index in [9.17, 15) is 19.7 Å². The summed E-state index contributed by atoms with van der Waals surface area (Å²) in [6.45, 7) is 5.46. The molecule has 0 atom stereocenters. The normalized spacial score (nSPS) is 13.8. The van der Waals surface area contributed by atoms with Crippen LogP contribution in [-0.4, -0.2) is 49.6 Å². The molecule has 1 saturated heterocycles. The van der Waals surface area contributed by atoms with Crippen LogP contribution in [0.1, 0.15) is 31.8 Å². The summed E-state index contributed by atoms with van der Waals surface area (Å²) in [5, 5.41) is 11.5. The Morgan fingerprint density at radius 2 is 1.76 bits per heavy atom. The number of carbonyl (C=O) groups is 2. The van der Waals surface area contributed by atoms with Gasteiger partial charge in [-0.2, -0.15) is 0 Å². The van der Waals surface area contributed by atoms with Crippen LogP contribution in [0, 0.1) is 24.0 Å². The average molecular weight is 398 g/mol. The summed E-state index contributed by atoms with van der Waals surface area (Å²) in [5.41, 5.74) is 2.77. The fraction of sp³-hybridized carbons (Fsp3) is 0.333. The number of morpholine rings is 1. The number of hydrogen-bond acceptors (Lipinski definition) is 7. The summed E-state index contributed by atoms with van der Waals surface area (Å²) in [5.74, 6) is -1.11. The van der Waals surface area contributed by atoms with E-state index in [1.54, 1.807) is 12.1 Å². The maximum Gasteiger partial charge on any atom is 0.338 e. The smallest absolute Gasteiger partial charge is 0.338 e. The lowest BCUT2D eigenvalue weighted by Gasteiger charge is -2.28. The number of esters is 1. The zero-order chi connectivity index (χ0) is 21.0. The van der Waals surface area contributed by atoms with Crippen molar-refractivity contribution in [2.75, 3.05) is 37.8 Å². The number of rotatable bonds is 6. The number of aryl methyl sites for hydroxylation is 2.